The Kier molecular flexibility index (Phi) is 2.57. The average molecular weight is 215 g/mol. The van der Waals surface area contributed by atoms with Gasteiger partial charge < -0.3 is 4.40 Å². The Morgan fingerprint density at radius 1 is 0.875 bits per heavy atom. The molecule has 0 amide bonds. The van der Waals surface area contributed by atoms with Crippen molar-refractivity contribution in [1.82, 2.24) is 4.40 Å². The molecule has 0 saturated heterocycles. The molecule has 86 valence electrons. The van der Waals surface area contributed by atoms with Crippen LogP contribution in [0, 0.1) is 34.6 Å². The van der Waals surface area contributed by atoms with Gasteiger partial charge in [0.15, 0.2) is 0 Å². The van der Waals surface area contributed by atoms with E-state index in [1.807, 2.05) is 0 Å². The van der Waals surface area contributed by atoms with E-state index in [-0.39, 0.29) is 0 Å². The summed E-state index contributed by atoms with van der Waals surface area (Å²) < 4.78 is 2.39. The van der Waals surface area contributed by atoms with Gasteiger partial charge in [-0.25, -0.2) is 0 Å². The van der Waals surface area contributed by atoms with Crippen molar-refractivity contribution in [2.75, 3.05) is 0 Å². The van der Waals surface area contributed by atoms with Crippen LogP contribution in [0.5, 0.6) is 0 Å². The first-order valence-corrected chi connectivity index (χ1v) is 6.05. The first-order chi connectivity index (χ1) is 7.49. The Labute approximate surface area is 98.1 Å². The zero-order chi connectivity index (χ0) is 12.0. The minimum Gasteiger partial charge on any atom is -0.320 e. The van der Waals surface area contributed by atoms with Crippen molar-refractivity contribution < 1.29 is 0 Å². The van der Waals surface area contributed by atoms with Gasteiger partial charge in [-0.3, -0.25) is 0 Å². The van der Waals surface area contributed by atoms with Crippen molar-refractivity contribution >= 4 is 5.52 Å². The molecule has 2 aromatic heterocycles. The predicted molar refractivity (Wildman–Crippen MR) is 70.5 cm³/mol. The molecule has 0 saturated carbocycles. The number of aryl methyl sites for hydroxylation is 4. The lowest BCUT2D eigenvalue weighted by Gasteiger charge is -2.15. The molecule has 0 aliphatic rings. The van der Waals surface area contributed by atoms with Gasteiger partial charge in [-0.05, 0) is 68.9 Å². The van der Waals surface area contributed by atoms with Crippen molar-refractivity contribution in [2.45, 2.75) is 48.0 Å². The van der Waals surface area contributed by atoms with E-state index in [1.54, 1.807) is 0 Å². The number of hydrogen-bond acceptors (Lipinski definition) is 0. The molecule has 0 radical (unpaired) electrons. The maximum atomic E-state index is 2.39. The maximum absolute atomic E-state index is 2.39. The molecule has 1 heteroatoms. The second kappa shape index (κ2) is 3.65. The van der Waals surface area contributed by atoms with Crippen LogP contribution in [-0.2, 0) is 6.42 Å². The molecular formula is C15H21N. The van der Waals surface area contributed by atoms with E-state index in [0.717, 1.165) is 6.42 Å². The smallest absolute Gasteiger partial charge is 0.0516 e. The average Bonchev–Trinajstić information content (AvgIpc) is 2.53. The van der Waals surface area contributed by atoms with Crippen LogP contribution < -0.4 is 0 Å². The highest BCUT2D eigenvalue weighted by Crippen LogP contribution is 2.28. The van der Waals surface area contributed by atoms with E-state index in [9.17, 15) is 0 Å². The van der Waals surface area contributed by atoms with E-state index in [2.05, 4.69) is 52.1 Å². The van der Waals surface area contributed by atoms with Gasteiger partial charge in [-0.1, -0.05) is 6.92 Å². The van der Waals surface area contributed by atoms with E-state index >= 15 is 0 Å². The number of rotatable bonds is 1. The normalized spacial score (nSPS) is 11.4. The van der Waals surface area contributed by atoms with Crippen LogP contribution in [0.1, 0.15) is 40.4 Å². The summed E-state index contributed by atoms with van der Waals surface area (Å²) in [5.41, 5.74) is 10.0. The number of fused-ring (bicyclic) bond motifs is 1. The number of pyridine rings is 1. The summed E-state index contributed by atoms with van der Waals surface area (Å²) in [4.78, 5) is 0. The fourth-order valence-corrected chi connectivity index (χ4v) is 2.69. The van der Waals surface area contributed by atoms with Crippen LogP contribution in [-0.4, -0.2) is 4.40 Å². The second-order valence-corrected chi connectivity index (χ2v) is 4.83. The summed E-state index contributed by atoms with van der Waals surface area (Å²) in [7, 11) is 0. The summed E-state index contributed by atoms with van der Waals surface area (Å²) in [6.07, 6.45) is 3.37. The first-order valence-electron chi connectivity index (χ1n) is 6.05. The largest absolute Gasteiger partial charge is 0.320 e. The minimum atomic E-state index is 1.09. The first kappa shape index (κ1) is 11.3. The highest BCUT2D eigenvalue weighted by molar-refractivity contribution is 5.67. The molecule has 0 fully saturated rings. The summed E-state index contributed by atoms with van der Waals surface area (Å²) in [5, 5.41) is 0. The van der Waals surface area contributed by atoms with Gasteiger partial charge in [-0.15, -0.1) is 0 Å². The van der Waals surface area contributed by atoms with Gasteiger partial charge in [0.2, 0.25) is 0 Å². The summed E-state index contributed by atoms with van der Waals surface area (Å²) in [6, 6.07) is 0. The summed E-state index contributed by atoms with van der Waals surface area (Å²) in [5.74, 6) is 0. The second-order valence-electron chi connectivity index (χ2n) is 4.83. The SMILES string of the molecule is CCc1c(C)c(C)c(C)c2c(C)c(C)cn12. The molecule has 0 atom stereocenters. The van der Waals surface area contributed by atoms with Crippen LogP contribution in [0.3, 0.4) is 0 Å². The van der Waals surface area contributed by atoms with Crippen molar-refractivity contribution in [3.8, 4) is 0 Å². The fraction of sp³-hybridized carbons (Fsp3) is 0.467. The van der Waals surface area contributed by atoms with E-state index in [4.69, 9.17) is 0 Å². The predicted octanol–water partition coefficient (Wildman–Crippen LogP) is 4.04. The standard InChI is InChI=1S/C15H21N/c1-7-14-12(5)11(4)13(6)15-10(3)9(2)8-16(14)15/h8H,7H2,1-6H3. The van der Waals surface area contributed by atoms with E-state index in [0.29, 0.717) is 0 Å². The Morgan fingerprint density at radius 2 is 1.50 bits per heavy atom. The topological polar surface area (TPSA) is 4.41 Å². The Bertz CT molecular complexity index is 559. The molecule has 0 bridgehead atoms. The van der Waals surface area contributed by atoms with Gasteiger partial charge in [-0.2, -0.15) is 0 Å². The molecule has 16 heavy (non-hydrogen) atoms. The third-order valence-corrected chi connectivity index (χ3v) is 4.05. The Morgan fingerprint density at radius 3 is 2.06 bits per heavy atom. The van der Waals surface area contributed by atoms with E-state index < -0.39 is 0 Å². The number of hydrogen-bond donors (Lipinski definition) is 0. The van der Waals surface area contributed by atoms with E-state index in [1.165, 1.54) is 39.0 Å². The molecule has 0 spiro atoms. The zero-order valence-electron chi connectivity index (χ0n) is 11.2. The molecule has 0 aromatic carbocycles. The third kappa shape index (κ3) is 1.31. The van der Waals surface area contributed by atoms with Crippen LogP contribution >= 0.6 is 0 Å². The monoisotopic (exact) mass is 215 g/mol. The molecule has 0 unspecified atom stereocenters. The quantitative estimate of drug-likeness (QED) is 0.676. The zero-order valence-corrected chi connectivity index (χ0v) is 11.2. The fourth-order valence-electron chi connectivity index (χ4n) is 2.69. The third-order valence-electron chi connectivity index (χ3n) is 4.05. The van der Waals surface area contributed by atoms with Crippen molar-refractivity contribution in [1.29, 1.82) is 0 Å². The number of nitrogens with zero attached hydrogens (tertiary/aromatic N) is 1. The highest BCUT2D eigenvalue weighted by Gasteiger charge is 2.13. The lowest BCUT2D eigenvalue weighted by molar-refractivity contribution is 0.942. The van der Waals surface area contributed by atoms with Crippen LogP contribution in [0.2, 0.25) is 0 Å². The Hall–Kier alpha value is -1.24. The summed E-state index contributed by atoms with van der Waals surface area (Å²) >= 11 is 0. The lowest BCUT2D eigenvalue weighted by atomic mass is 10.00. The van der Waals surface area contributed by atoms with Crippen LogP contribution in [0.4, 0.5) is 0 Å². The molecule has 2 rings (SSSR count). The molecule has 0 N–H and O–H groups in total. The molecule has 1 nitrogen and oxygen atoms in total. The number of aromatic nitrogens is 1. The molecule has 2 aromatic rings. The van der Waals surface area contributed by atoms with Gasteiger partial charge >= 0.3 is 0 Å². The van der Waals surface area contributed by atoms with Gasteiger partial charge in [0.25, 0.3) is 0 Å². The highest BCUT2D eigenvalue weighted by atomic mass is 14.9. The minimum absolute atomic E-state index is 1.09. The van der Waals surface area contributed by atoms with Crippen molar-refractivity contribution in [3.63, 3.8) is 0 Å². The van der Waals surface area contributed by atoms with Crippen molar-refractivity contribution in [2.24, 2.45) is 0 Å². The van der Waals surface area contributed by atoms with Crippen molar-refractivity contribution in [3.05, 3.63) is 39.7 Å². The van der Waals surface area contributed by atoms with Gasteiger partial charge in [0.05, 0.1) is 5.52 Å². The molecule has 0 aliphatic heterocycles. The summed E-state index contributed by atoms with van der Waals surface area (Å²) in [6.45, 7) is 13.4. The molecular weight excluding hydrogens is 194 g/mol. The van der Waals surface area contributed by atoms with Crippen LogP contribution in [0.15, 0.2) is 6.20 Å². The van der Waals surface area contributed by atoms with Gasteiger partial charge in [0, 0.05) is 11.9 Å². The molecule has 2 heterocycles. The molecule has 0 aliphatic carbocycles. The van der Waals surface area contributed by atoms with Crippen LogP contribution in [0.25, 0.3) is 5.52 Å². The maximum Gasteiger partial charge on any atom is 0.0516 e. The van der Waals surface area contributed by atoms with Gasteiger partial charge in [0.1, 0.15) is 0 Å². The lowest BCUT2D eigenvalue weighted by Crippen LogP contribution is -2.03. The Balaban J connectivity index is 3.04.